The first-order chi connectivity index (χ1) is 14.2. The van der Waals surface area contributed by atoms with E-state index in [-0.39, 0.29) is 18.0 Å². The summed E-state index contributed by atoms with van der Waals surface area (Å²) in [7, 11) is 1.45. The van der Waals surface area contributed by atoms with E-state index >= 15 is 0 Å². The molecular formula is C24H36N2O4. The van der Waals surface area contributed by atoms with Crippen molar-refractivity contribution in [2.45, 2.75) is 83.7 Å². The summed E-state index contributed by atoms with van der Waals surface area (Å²) in [4.78, 5) is 30.9. The van der Waals surface area contributed by atoms with Gasteiger partial charge in [-0.15, -0.1) is 0 Å². The van der Waals surface area contributed by atoms with Gasteiger partial charge in [-0.1, -0.05) is 6.07 Å². The molecule has 1 aliphatic carbocycles. The third-order valence-electron chi connectivity index (χ3n) is 6.19. The zero-order chi connectivity index (χ0) is 21.7. The molecule has 2 heterocycles. The lowest BCUT2D eigenvalue weighted by atomic mass is 9.81. The predicted octanol–water partition coefficient (Wildman–Crippen LogP) is 4.64. The van der Waals surface area contributed by atoms with E-state index in [1.54, 1.807) is 4.90 Å². The summed E-state index contributed by atoms with van der Waals surface area (Å²) in [6.07, 6.45) is 9.44. The average Bonchev–Trinajstić information content (AvgIpc) is 2.72. The lowest BCUT2D eigenvalue weighted by Gasteiger charge is -2.34. The van der Waals surface area contributed by atoms with E-state index in [0.29, 0.717) is 25.4 Å². The molecule has 3 rings (SSSR count). The Labute approximate surface area is 180 Å². The molecular weight excluding hydrogens is 380 g/mol. The highest BCUT2D eigenvalue weighted by molar-refractivity contribution is 5.70. The van der Waals surface area contributed by atoms with E-state index in [2.05, 4.69) is 6.07 Å². The molecule has 6 heteroatoms. The van der Waals surface area contributed by atoms with Gasteiger partial charge in [-0.05, 0) is 88.7 Å². The fourth-order valence-corrected chi connectivity index (χ4v) is 4.53. The number of methoxy groups -OCH3 is 1. The summed E-state index contributed by atoms with van der Waals surface area (Å²) < 4.78 is 10.5. The smallest absolute Gasteiger partial charge is 0.410 e. The van der Waals surface area contributed by atoms with Crippen LogP contribution in [-0.4, -0.2) is 47.7 Å². The molecule has 0 bridgehead atoms. The first-order valence-corrected chi connectivity index (χ1v) is 11.3. The van der Waals surface area contributed by atoms with Crippen molar-refractivity contribution in [1.29, 1.82) is 0 Å². The minimum atomic E-state index is -0.473. The number of hydrogen-bond donors (Lipinski definition) is 0. The van der Waals surface area contributed by atoms with E-state index in [1.165, 1.54) is 31.2 Å². The van der Waals surface area contributed by atoms with E-state index in [0.717, 1.165) is 37.7 Å². The highest BCUT2D eigenvalue weighted by Gasteiger charge is 2.29. The number of ether oxygens (including phenoxy) is 2. The zero-order valence-electron chi connectivity index (χ0n) is 18.9. The molecule has 1 aromatic heterocycles. The van der Waals surface area contributed by atoms with Crippen LogP contribution in [0.4, 0.5) is 4.79 Å². The Morgan fingerprint density at radius 2 is 1.90 bits per heavy atom. The zero-order valence-corrected chi connectivity index (χ0v) is 18.9. The Morgan fingerprint density at radius 1 is 1.20 bits per heavy atom. The van der Waals surface area contributed by atoms with Gasteiger partial charge >= 0.3 is 12.1 Å². The monoisotopic (exact) mass is 416 g/mol. The van der Waals surface area contributed by atoms with Gasteiger partial charge in [0.25, 0.3) is 0 Å². The van der Waals surface area contributed by atoms with Crippen molar-refractivity contribution in [2.24, 2.45) is 5.92 Å². The van der Waals surface area contributed by atoms with Crippen molar-refractivity contribution < 1.29 is 19.1 Å². The molecule has 0 unspecified atom stereocenters. The molecule has 0 aromatic carbocycles. The Balaban J connectivity index is 1.63. The van der Waals surface area contributed by atoms with Crippen LogP contribution < -0.4 is 0 Å². The van der Waals surface area contributed by atoms with E-state index in [9.17, 15) is 9.59 Å². The fraction of sp³-hybridized carbons (Fsp3) is 0.708. The Bertz CT molecular complexity index is 748. The van der Waals surface area contributed by atoms with Crippen molar-refractivity contribution in [1.82, 2.24) is 9.88 Å². The van der Waals surface area contributed by atoms with Gasteiger partial charge in [-0.3, -0.25) is 9.78 Å². The van der Waals surface area contributed by atoms with Crippen molar-refractivity contribution in [3.8, 4) is 0 Å². The maximum atomic E-state index is 12.3. The van der Waals surface area contributed by atoms with Gasteiger partial charge in [0.15, 0.2) is 0 Å². The summed E-state index contributed by atoms with van der Waals surface area (Å²) >= 11 is 0. The largest absolute Gasteiger partial charge is 0.469 e. The first kappa shape index (κ1) is 22.6. The summed E-state index contributed by atoms with van der Waals surface area (Å²) in [5.74, 6) is 0.397. The standard InChI is InChI=1S/C24H36N2O4/c1-24(2,3)30-23(28)26-11-9-17(10-12-26)13-19(15-22(27)29-4)20-14-18-7-5-6-8-21(18)25-16-20/h14,16-17,19H,5-13,15H2,1-4H3/t19-/m0/s1. The van der Waals surface area contributed by atoms with Gasteiger partial charge in [-0.2, -0.15) is 0 Å². The molecule has 1 aliphatic heterocycles. The molecule has 1 amide bonds. The van der Waals surface area contributed by atoms with Gasteiger partial charge in [-0.25, -0.2) is 4.79 Å². The maximum Gasteiger partial charge on any atom is 0.410 e. The van der Waals surface area contributed by atoms with Crippen LogP contribution in [0.3, 0.4) is 0 Å². The van der Waals surface area contributed by atoms with Crippen LogP contribution in [0.5, 0.6) is 0 Å². The van der Waals surface area contributed by atoms with Crippen LogP contribution >= 0.6 is 0 Å². The number of aryl methyl sites for hydroxylation is 2. The van der Waals surface area contributed by atoms with E-state index in [4.69, 9.17) is 14.5 Å². The Hall–Kier alpha value is -2.11. The van der Waals surface area contributed by atoms with Gasteiger partial charge in [0.2, 0.25) is 0 Å². The second-order valence-electron chi connectivity index (χ2n) is 9.71. The highest BCUT2D eigenvalue weighted by Crippen LogP contribution is 2.34. The molecule has 1 atom stereocenters. The Morgan fingerprint density at radius 3 is 2.57 bits per heavy atom. The fourth-order valence-electron chi connectivity index (χ4n) is 4.53. The summed E-state index contributed by atoms with van der Waals surface area (Å²) in [6, 6.07) is 2.27. The molecule has 0 saturated carbocycles. The molecule has 2 aliphatic rings. The van der Waals surface area contributed by atoms with Crippen LogP contribution in [-0.2, 0) is 27.1 Å². The van der Waals surface area contributed by atoms with E-state index in [1.807, 2.05) is 27.0 Å². The molecule has 30 heavy (non-hydrogen) atoms. The number of carbonyl (C=O) groups is 2. The predicted molar refractivity (Wildman–Crippen MR) is 115 cm³/mol. The summed E-state index contributed by atoms with van der Waals surface area (Å²) in [5, 5.41) is 0. The molecule has 1 aromatic rings. The summed E-state index contributed by atoms with van der Waals surface area (Å²) in [6.45, 7) is 7.07. The van der Waals surface area contributed by atoms with Crippen LogP contribution in [0.15, 0.2) is 12.3 Å². The average molecular weight is 417 g/mol. The SMILES string of the molecule is COC(=O)C[C@H](CC1CCN(C(=O)OC(C)(C)C)CC1)c1cnc2c(c1)CCCC2. The lowest BCUT2D eigenvalue weighted by Crippen LogP contribution is -2.42. The van der Waals surface area contributed by atoms with Crippen LogP contribution in [0.2, 0.25) is 0 Å². The van der Waals surface area contributed by atoms with Crippen molar-refractivity contribution in [3.05, 3.63) is 29.1 Å². The number of amides is 1. The quantitative estimate of drug-likeness (QED) is 0.654. The summed E-state index contributed by atoms with van der Waals surface area (Å²) in [5.41, 5.74) is 3.23. The normalized spacial score (nSPS) is 18.5. The number of esters is 1. The van der Waals surface area contributed by atoms with Gasteiger partial charge in [0, 0.05) is 25.0 Å². The minimum Gasteiger partial charge on any atom is -0.469 e. The number of likely N-dealkylation sites (tertiary alicyclic amines) is 1. The molecule has 166 valence electrons. The third-order valence-corrected chi connectivity index (χ3v) is 6.19. The first-order valence-electron chi connectivity index (χ1n) is 11.3. The highest BCUT2D eigenvalue weighted by atomic mass is 16.6. The molecule has 0 N–H and O–H groups in total. The van der Waals surface area contributed by atoms with Gasteiger partial charge in [0.05, 0.1) is 13.5 Å². The van der Waals surface area contributed by atoms with Crippen molar-refractivity contribution >= 4 is 12.1 Å². The second kappa shape index (κ2) is 9.80. The molecule has 1 saturated heterocycles. The molecule has 1 fully saturated rings. The number of nitrogens with zero attached hydrogens (tertiary/aromatic N) is 2. The molecule has 0 radical (unpaired) electrons. The number of aromatic nitrogens is 1. The minimum absolute atomic E-state index is 0.107. The molecule has 0 spiro atoms. The topological polar surface area (TPSA) is 68.7 Å². The van der Waals surface area contributed by atoms with Crippen LogP contribution in [0.1, 0.15) is 82.0 Å². The number of rotatable bonds is 5. The molecule has 6 nitrogen and oxygen atoms in total. The van der Waals surface area contributed by atoms with Crippen molar-refractivity contribution in [3.63, 3.8) is 0 Å². The number of carbonyl (C=O) groups excluding carboxylic acids is 2. The van der Waals surface area contributed by atoms with Gasteiger partial charge in [0.1, 0.15) is 5.60 Å². The lowest BCUT2D eigenvalue weighted by molar-refractivity contribution is -0.141. The number of pyridine rings is 1. The number of fused-ring (bicyclic) bond motifs is 1. The third kappa shape index (κ3) is 6.19. The van der Waals surface area contributed by atoms with Crippen molar-refractivity contribution in [2.75, 3.05) is 20.2 Å². The maximum absolute atomic E-state index is 12.3. The van der Waals surface area contributed by atoms with E-state index < -0.39 is 5.60 Å². The van der Waals surface area contributed by atoms with Crippen LogP contribution in [0, 0.1) is 5.92 Å². The second-order valence-corrected chi connectivity index (χ2v) is 9.71. The van der Waals surface area contributed by atoms with Gasteiger partial charge < -0.3 is 14.4 Å². The number of hydrogen-bond acceptors (Lipinski definition) is 5. The Kier molecular flexibility index (Phi) is 7.37. The number of piperidine rings is 1. The van der Waals surface area contributed by atoms with Crippen LogP contribution in [0.25, 0.3) is 0 Å².